The molecule has 25 heavy (non-hydrogen) atoms. The van der Waals surface area contributed by atoms with E-state index in [9.17, 15) is 4.79 Å². The number of piperazine rings is 1. The van der Waals surface area contributed by atoms with Gasteiger partial charge in [-0.05, 0) is 19.5 Å². The number of aryl methyl sites for hydroxylation is 1. The number of benzene rings is 1. The highest BCUT2D eigenvalue weighted by molar-refractivity contribution is 7.19. The molecule has 1 N–H and O–H groups in total. The van der Waals surface area contributed by atoms with E-state index in [1.807, 2.05) is 30.3 Å². The van der Waals surface area contributed by atoms with Crippen molar-refractivity contribution in [3.63, 3.8) is 0 Å². The normalized spacial score (nSPS) is 16.6. The standard InChI is InChI=1S/C19H22N4OS/c1-13-16(14-6-4-3-5-7-14)17-18(24)20-15(21-19(17)25-13)12-23-10-8-22(2)9-11-23/h3-7H,8-12H2,1-2H3,(H,20,21,24). The predicted octanol–water partition coefficient (Wildman–Crippen LogP) is 2.71. The first-order valence-electron chi connectivity index (χ1n) is 8.60. The van der Waals surface area contributed by atoms with Gasteiger partial charge in [0.05, 0.1) is 11.9 Å². The van der Waals surface area contributed by atoms with E-state index in [2.05, 4.69) is 28.8 Å². The van der Waals surface area contributed by atoms with Gasteiger partial charge in [-0.15, -0.1) is 11.3 Å². The quantitative estimate of drug-likeness (QED) is 0.786. The van der Waals surface area contributed by atoms with E-state index in [0.29, 0.717) is 6.54 Å². The highest BCUT2D eigenvalue weighted by Gasteiger charge is 2.19. The highest BCUT2D eigenvalue weighted by Crippen LogP contribution is 2.35. The van der Waals surface area contributed by atoms with Gasteiger partial charge < -0.3 is 9.88 Å². The third kappa shape index (κ3) is 3.25. The Hall–Kier alpha value is -2.02. The van der Waals surface area contributed by atoms with Crippen molar-refractivity contribution in [2.24, 2.45) is 0 Å². The number of aromatic amines is 1. The molecule has 4 rings (SSSR count). The summed E-state index contributed by atoms with van der Waals surface area (Å²) in [4.78, 5) is 27.2. The monoisotopic (exact) mass is 354 g/mol. The molecule has 1 aromatic carbocycles. The Morgan fingerprint density at radius 3 is 2.60 bits per heavy atom. The molecule has 0 saturated carbocycles. The van der Waals surface area contributed by atoms with Crippen molar-refractivity contribution in [2.45, 2.75) is 13.5 Å². The second-order valence-electron chi connectivity index (χ2n) is 6.67. The molecule has 0 spiro atoms. The van der Waals surface area contributed by atoms with Gasteiger partial charge in [0.15, 0.2) is 0 Å². The van der Waals surface area contributed by atoms with Crippen LogP contribution in [-0.4, -0.2) is 53.0 Å². The van der Waals surface area contributed by atoms with Gasteiger partial charge in [0.2, 0.25) is 0 Å². The van der Waals surface area contributed by atoms with E-state index >= 15 is 0 Å². The zero-order chi connectivity index (χ0) is 17.4. The van der Waals surface area contributed by atoms with Crippen molar-refractivity contribution >= 4 is 21.6 Å². The van der Waals surface area contributed by atoms with Crippen LogP contribution in [0.3, 0.4) is 0 Å². The summed E-state index contributed by atoms with van der Waals surface area (Å²) in [5, 5.41) is 0.718. The molecule has 1 fully saturated rings. The van der Waals surface area contributed by atoms with Crippen molar-refractivity contribution in [2.75, 3.05) is 33.2 Å². The maximum absolute atomic E-state index is 12.8. The molecule has 1 saturated heterocycles. The summed E-state index contributed by atoms with van der Waals surface area (Å²) in [6, 6.07) is 10.1. The molecule has 1 aliphatic heterocycles. The minimum atomic E-state index is -0.0302. The van der Waals surface area contributed by atoms with E-state index in [4.69, 9.17) is 4.98 Å². The summed E-state index contributed by atoms with van der Waals surface area (Å²) >= 11 is 1.61. The number of hydrogen-bond donors (Lipinski definition) is 1. The van der Waals surface area contributed by atoms with Crippen LogP contribution in [0.25, 0.3) is 21.3 Å². The van der Waals surface area contributed by atoms with Gasteiger partial charge >= 0.3 is 0 Å². The van der Waals surface area contributed by atoms with Crippen LogP contribution in [0.2, 0.25) is 0 Å². The Kier molecular flexibility index (Phi) is 4.41. The minimum absolute atomic E-state index is 0.0302. The second kappa shape index (κ2) is 6.71. The Morgan fingerprint density at radius 1 is 1.16 bits per heavy atom. The maximum atomic E-state index is 12.8. The summed E-state index contributed by atoms with van der Waals surface area (Å²) in [6.07, 6.45) is 0. The molecule has 0 unspecified atom stereocenters. The summed E-state index contributed by atoms with van der Waals surface area (Å²) in [7, 11) is 2.14. The molecule has 3 heterocycles. The fourth-order valence-corrected chi connectivity index (χ4v) is 4.47. The van der Waals surface area contributed by atoms with E-state index in [0.717, 1.165) is 58.2 Å². The van der Waals surface area contributed by atoms with Crippen LogP contribution in [0.15, 0.2) is 35.1 Å². The van der Waals surface area contributed by atoms with Crippen molar-refractivity contribution in [1.82, 2.24) is 19.8 Å². The van der Waals surface area contributed by atoms with Crippen LogP contribution < -0.4 is 5.56 Å². The zero-order valence-corrected chi connectivity index (χ0v) is 15.4. The van der Waals surface area contributed by atoms with E-state index in [1.54, 1.807) is 11.3 Å². The molecule has 5 nitrogen and oxygen atoms in total. The third-order valence-electron chi connectivity index (χ3n) is 4.82. The number of fused-ring (bicyclic) bond motifs is 1. The average Bonchev–Trinajstić information content (AvgIpc) is 2.94. The number of H-pyrrole nitrogens is 1. The molecule has 0 atom stereocenters. The van der Waals surface area contributed by atoms with Crippen LogP contribution in [0.5, 0.6) is 0 Å². The molecular weight excluding hydrogens is 332 g/mol. The van der Waals surface area contributed by atoms with Crippen LogP contribution in [0.1, 0.15) is 10.7 Å². The molecular formula is C19H22N4OS. The second-order valence-corrected chi connectivity index (χ2v) is 7.87. The van der Waals surface area contributed by atoms with Crippen LogP contribution >= 0.6 is 11.3 Å². The first kappa shape index (κ1) is 16.4. The Balaban J connectivity index is 1.71. The Labute approximate surface area is 150 Å². The highest BCUT2D eigenvalue weighted by atomic mass is 32.1. The molecule has 130 valence electrons. The summed E-state index contributed by atoms with van der Waals surface area (Å²) < 4.78 is 0. The largest absolute Gasteiger partial charge is 0.309 e. The van der Waals surface area contributed by atoms with Crippen molar-refractivity contribution in [3.8, 4) is 11.1 Å². The van der Waals surface area contributed by atoms with Gasteiger partial charge in [0, 0.05) is 36.6 Å². The fourth-order valence-electron chi connectivity index (χ4n) is 3.41. The van der Waals surface area contributed by atoms with Crippen LogP contribution in [0.4, 0.5) is 0 Å². The summed E-state index contributed by atoms with van der Waals surface area (Å²) in [5.41, 5.74) is 2.06. The molecule has 0 aliphatic carbocycles. The third-order valence-corrected chi connectivity index (χ3v) is 5.82. The molecule has 6 heteroatoms. The molecule has 0 amide bonds. The van der Waals surface area contributed by atoms with Gasteiger partial charge in [0.1, 0.15) is 10.7 Å². The fraction of sp³-hybridized carbons (Fsp3) is 0.368. The molecule has 0 bridgehead atoms. The number of nitrogens with zero attached hydrogens (tertiary/aromatic N) is 3. The maximum Gasteiger partial charge on any atom is 0.260 e. The lowest BCUT2D eigenvalue weighted by Crippen LogP contribution is -2.44. The zero-order valence-electron chi connectivity index (χ0n) is 14.6. The van der Waals surface area contributed by atoms with Crippen molar-refractivity contribution < 1.29 is 0 Å². The SMILES string of the molecule is Cc1sc2nc(CN3CCN(C)CC3)[nH]c(=O)c2c1-c1ccccc1. The minimum Gasteiger partial charge on any atom is -0.309 e. The van der Waals surface area contributed by atoms with Gasteiger partial charge in [-0.3, -0.25) is 9.69 Å². The van der Waals surface area contributed by atoms with Crippen molar-refractivity contribution in [3.05, 3.63) is 51.4 Å². The van der Waals surface area contributed by atoms with Gasteiger partial charge in [-0.2, -0.15) is 0 Å². The predicted molar refractivity (Wildman–Crippen MR) is 103 cm³/mol. The average molecular weight is 354 g/mol. The lowest BCUT2D eigenvalue weighted by molar-refractivity contribution is 0.145. The van der Waals surface area contributed by atoms with Crippen LogP contribution in [0, 0.1) is 6.92 Å². The Morgan fingerprint density at radius 2 is 1.88 bits per heavy atom. The smallest absolute Gasteiger partial charge is 0.260 e. The molecule has 0 radical (unpaired) electrons. The summed E-state index contributed by atoms with van der Waals surface area (Å²) in [5.74, 6) is 0.767. The van der Waals surface area contributed by atoms with E-state index in [-0.39, 0.29) is 5.56 Å². The van der Waals surface area contributed by atoms with E-state index < -0.39 is 0 Å². The first-order valence-corrected chi connectivity index (χ1v) is 9.42. The van der Waals surface area contributed by atoms with Crippen LogP contribution in [-0.2, 0) is 6.54 Å². The number of rotatable bonds is 3. The molecule has 1 aliphatic rings. The Bertz CT molecular complexity index is 939. The lowest BCUT2D eigenvalue weighted by Gasteiger charge is -2.31. The lowest BCUT2D eigenvalue weighted by atomic mass is 10.0. The number of likely N-dealkylation sites (N-methyl/N-ethyl adjacent to an activating group) is 1. The van der Waals surface area contributed by atoms with Gasteiger partial charge in [-0.1, -0.05) is 30.3 Å². The topological polar surface area (TPSA) is 52.2 Å². The molecule has 3 aromatic rings. The van der Waals surface area contributed by atoms with Crippen molar-refractivity contribution in [1.29, 1.82) is 0 Å². The number of hydrogen-bond acceptors (Lipinski definition) is 5. The molecule has 2 aromatic heterocycles. The number of thiophene rings is 1. The first-order chi connectivity index (χ1) is 12.1. The number of aromatic nitrogens is 2. The number of nitrogens with one attached hydrogen (secondary N) is 1. The van der Waals surface area contributed by atoms with Gasteiger partial charge in [0.25, 0.3) is 5.56 Å². The van der Waals surface area contributed by atoms with E-state index in [1.165, 1.54) is 0 Å². The summed E-state index contributed by atoms with van der Waals surface area (Å²) in [6.45, 7) is 6.91. The van der Waals surface area contributed by atoms with Gasteiger partial charge in [-0.25, -0.2) is 4.98 Å².